The third kappa shape index (κ3) is 5.35. The summed E-state index contributed by atoms with van der Waals surface area (Å²) in [5, 5.41) is 8.47. The molecule has 0 aliphatic carbocycles. The average Bonchev–Trinajstić information content (AvgIpc) is 3.44. The molecule has 9 nitrogen and oxygen atoms in total. The van der Waals surface area contributed by atoms with E-state index in [-0.39, 0.29) is 35.1 Å². The Labute approximate surface area is 191 Å². The lowest BCUT2D eigenvalue weighted by molar-refractivity contribution is -0.116. The second kappa shape index (κ2) is 9.38. The minimum atomic E-state index is -4.08. The maximum atomic E-state index is 13.8. The van der Waals surface area contributed by atoms with E-state index in [9.17, 15) is 22.4 Å². The highest BCUT2D eigenvalue weighted by Crippen LogP contribution is 2.22. The van der Waals surface area contributed by atoms with Gasteiger partial charge in [-0.3, -0.25) is 9.52 Å². The SMILES string of the molecule is O=C(CCn1nc(-c2cccs2)oc1=O)Nc1cccc(S(=O)(=O)Nc2ccccc2F)c1. The van der Waals surface area contributed by atoms with Crippen LogP contribution < -0.4 is 15.8 Å². The quantitative estimate of drug-likeness (QED) is 0.391. The van der Waals surface area contributed by atoms with Crippen molar-refractivity contribution in [2.24, 2.45) is 0 Å². The van der Waals surface area contributed by atoms with Gasteiger partial charge in [0.25, 0.3) is 15.9 Å². The molecular weight excluding hydrogens is 471 g/mol. The largest absolute Gasteiger partial charge is 0.437 e. The van der Waals surface area contributed by atoms with Crippen LogP contribution in [0.4, 0.5) is 15.8 Å². The first kappa shape index (κ1) is 22.4. The van der Waals surface area contributed by atoms with Crippen molar-refractivity contribution in [1.29, 1.82) is 0 Å². The summed E-state index contributed by atoms with van der Waals surface area (Å²) in [5.74, 6) is -1.68. The van der Waals surface area contributed by atoms with Gasteiger partial charge in [0.1, 0.15) is 5.82 Å². The summed E-state index contributed by atoms with van der Waals surface area (Å²) in [6, 6.07) is 14.5. The maximum absolute atomic E-state index is 13.8. The number of carbonyl (C=O) groups is 1. The van der Waals surface area contributed by atoms with Crippen LogP contribution in [0.15, 0.2) is 80.2 Å². The number of benzene rings is 2. The molecule has 2 N–H and O–H groups in total. The van der Waals surface area contributed by atoms with Gasteiger partial charge in [-0.1, -0.05) is 24.3 Å². The topological polar surface area (TPSA) is 123 Å². The van der Waals surface area contributed by atoms with Gasteiger partial charge in [-0.15, -0.1) is 16.4 Å². The minimum Gasteiger partial charge on any atom is -0.387 e. The Hall–Kier alpha value is -3.77. The standard InChI is InChI=1S/C21H17FN4O5S2/c22-16-7-1-2-8-17(16)25-33(29,30)15-6-3-5-14(13-15)23-19(27)10-11-26-21(28)31-20(24-26)18-9-4-12-32-18/h1-9,12-13,25H,10-11H2,(H,23,27). The van der Waals surface area contributed by atoms with Crippen LogP contribution in [0.3, 0.4) is 0 Å². The molecular formula is C21H17FN4O5S2. The number of thiophene rings is 1. The Morgan fingerprint density at radius 1 is 1.12 bits per heavy atom. The first-order valence-corrected chi connectivity index (χ1v) is 12.0. The molecule has 1 amide bonds. The number of para-hydroxylation sites is 1. The smallest absolute Gasteiger partial charge is 0.387 e. The number of carbonyl (C=O) groups excluding carboxylic acids is 1. The van der Waals surface area contributed by atoms with Crippen LogP contribution in [0.1, 0.15) is 6.42 Å². The van der Waals surface area contributed by atoms with E-state index in [2.05, 4.69) is 15.1 Å². The molecule has 33 heavy (non-hydrogen) atoms. The molecule has 0 radical (unpaired) electrons. The van der Waals surface area contributed by atoms with E-state index in [1.165, 1.54) is 53.8 Å². The Balaban J connectivity index is 1.41. The molecule has 0 aliphatic rings. The molecule has 12 heteroatoms. The van der Waals surface area contributed by atoms with Gasteiger partial charge in [0.05, 0.1) is 22.0 Å². The Morgan fingerprint density at radius 3 is 2.70 bits per heavy atom. The number of hydrogen-bond acceptors (Lipinski definition) is 7. The number of aromatic nitrogens is 2. The number of nitrogens with one attached hydrogen (secondary N) is 2. The number of nitrogens with zero attached hydrogens (tertiary/aromatic N) is 2. The Bertz CT molecular complexity index is 1450. The van der Waals surface area contributed by atoms with Gasteiger partial charge in [0.15, 0.2) is 0 Å². The van der Waals surface area contributed by atoms with Crippen molar-refractivity contribution >= 4 is 38.6 Å². The fourth-order valence-corrected chi connectivity index (χ4v) is 4.62. The van der Waals surface area contributed by atoms with Crippen molar-refractivity contribution in [3.8, 4) is 10.8 Å². The van der Waals surface area contributed by atoms with E-state index in [1.807, 2.05) is 5.38 Å². The molecule has 0 saturated carbocycles. The van der Waals surface area contributed by atoms with Crippen LogP contribution in [0.5, 0.6) is 0 Å². The van der Waals surface area contributed by atoms with Crippen molar-refractivity contribution in [2.45, 2.75) is 17.9 Å². The van der Waals surface area contributed by atoms with Crippen LogP contribution in [0, 0.1) is 5.82 Å². The third-order valence-electron chi connectivity index (χ3n) is 4.44. The summed E-state index contributed by atoms with van der Waals surface area (Å²) >= 11 is 1.37. The Morgan fingerprint density at radius 2 is 1.94 bits per heavy atom. The van der Waals surface area contributed by atoms with Gasteiger partial charge in [0, 0.05) is 12.1 Å². The lowest BCUT2D eigenvalue weighted by atomic mass is 10.3. The number of hydrogen-bond donors (Lipinski definition) is 2. The molecule has 0 aliphatic heterocycles. The molecule has 2 aromatic heterocycles. The first-order chi connectivity index (χ1) is 15.8. The molecule has 2 aromatic carbocycles. The van der Waals surface area contributed by atoms with E-state index in [4.69, 9.17) is 4.42 Å². The van der Waals surface area contributed by atoms with Gasteiger partial charge in [-0.2, -0.15) is 4.68 Å². The molecule has 4 rings (SSSR count). The highest BCUT2D eigenvalue weighted by Gasteiger charge is 2.17. The summed E-state index contributed by atoms with van der Waals surface area (Å²) in [7, 11) is -4.08. The zero-order chi connectivity index (χ0) is 23.4. The molecule has 0 bridgehead atoms. The van der Waals surface area contributed by atoms with Crippen LogP contribution in [-0.2, 0) is 21.4 Å². The van der Waals surface area contributed by atoms with Crippen LogP contribution in [-0.4, -0.2) is 24.1 Å². The summed E-state index contributed by atoms with van der Waals surface area (Å²) in [5.41, 5.74) is 0.0371. The summed E-state index contributed by atoms with van der Waals surface area (Å²) in [4.78, 5) is 24.8. The lowest BCUT2D eigenvalue weighted by Gasteiger charge is -2.11. The predicted molar refractivity (Wildman–Crippen MR) is 121 cm³/mol. The lowest BCUT2D eigenvalue weighted by Crippen LogP contribution is -2.21. The molecule has 0 unspecified atom stereocenters. The van der Waals surface area contributed by atoms with Crippen molar-refractivity contribution in [2.75, 3.05) is 10.0 Å². The third-order valence-corrected chi connectivity index (χ3v) is 6.66. The summed E-state index contributed by atoms with van der Waals surface area (Å²) < 4.78 is 47.3. The van der Waals surface area contributed by atoms with Crippen molar-refractivity contribution in [3.05, 3.63) is 82.4 Å². The van der Waals surface area contributed by atoms with E-state index >= 15 is 0 Å². The monoisotopic (exact) mass is 488 g/mol. The zero-order valence-electron chi connectivity index (χ0n) is 16.9. The van der Waals surface area contributed by atoms with Crippen molar-refractivity contribution in [1.82, 2.24) is 9.78 Å². The molecule has 0 fully saturated rings. The minimum absolute atomic E-state index is 0.0215. The number of amides is 1. The predicted octanol–water partition coefficient (Wildman–Crippen LogP) is 3.53. The van der Waals surface area contributed by atoms with Crippen LogP contribution >= 0.6 is 11.3 Å². The summed E-state index contributed by atoms with van der Waals surface area (Å²) in [6.07, 6.45) is -0.0965. The van der Waals surface area contributed by atoms with E-state index < -0.39 is 27.5 Å². The van der Waals surface area contributed by atoms with Gasteiger partial charge < -0.3 is 9.73 Å². The fourth-order valence-electron chi connectivity index (χ4n) is 2.87. The van der Waals surface area contributed by atoms with Gasteiger partial charge >= 0.3 is 5.76 Å². The van der Waals surface area contributed by atoms with E-state index in [1.54, 1.807) is 12.1 Å². The van der Waals surface area contributed by atoms with Crippen LogP contribution in [0.2, 0.25) is 0 Å². The van der Waals surface area contributed by atoms with Gasteiger partial charge in [-0.05, 0) is 41.8 Å². The van der Waals surface area contributed by atoms with Crippen molar-refractivity contribution < 1.29 is 22.0 Å². The number of sulfonamides is 1. The molecule has 2 heterocycles. The second-order valence-electron chi connectivity index (χ2n) is 6.78. The molecule has 0 saturated heterocycles. The second-order valence-corrected chi connectivity index (χ2v) is 9.42. The molecule has 0 atom stereocenters. The number of rotatable bonds is 8. The van der Waals surface area contributed by atoms with E-state index in [0.29, 0.717) is 4.88 Å². The Kier molecular flexibility index (Phi) is 6.38. The molecule has 170 valence electrons. The zero-order valence-corrected chi connectivity index (χ0v) is 18.5. The first-order valence-electron chi connectivity index (χ1n) is 9.61. The fraction of sp³-hybridized carbons (Fsp3) is 0.0952. The highest BCUT2D eigenvalue weighted by atomic mass is 32.2. The van der Waals surface area contributed by atoms with Gasteiger partial charge in [0.2, 0.25) is 5.91 Å². The molecule has 0 spiro atoms. The molecule has 4 aromatic rings. The average molecular weight is 489 g/mol. The maximum Gasteiger partial charge on any atom is 0.437 e. The number of anilines is 2. The van der Waals surface area contributed by atoms with Gasteiger partial charge in [-0.25, -0.2) is 17.6 Å². The number of halogens is 1. The normalized spacial score (nSPS) is 11.3. The number of aryl methyl sites for hydroxylation is 1. The van der Waals surface area contributed by atoms with E-state index in [0.717, 1.165) is 10.7 Å². The summed E-state index contributed by atoms with van der Waals surface area (Å²) in [6.45, 7) is -0.0215. The highest BCUT2D eigenvalue weighted by molar-refractivity contribution is 7.92. The van der Waals surface area contributed by atoms with Crippen molar-refractivity contribution in [3.63, 3.8) is 0 Å². The van der Waals surface area contributed by atoms with Crippen LogP contribution in [0.25, 0.3) is 10.8 Å².